The van der Waals surface area contributed by atoms with E-state index in [0.717, 1.165) is 31.0 Å². The van der Waals surface area contributed by atoms with Gasteiger partial charge in [-0.15, -0.1) is 0 Å². The molecule has 0 radical (unpaired) electrons. The van der Waals surface area contributed by atoms with Gasteiger partial charge < -0.3 is 5.32 Å². The fraction of sp³-hybridized carbons (Fsp3) is 0.667. The summed E-state index contributed by atoms with van der Waals surface area (Å²) in [5.41, 5.74) is 1.12. The van der Waals surface area contributed by atoms with Crippen LogP contribution < -0.4 is 5.32 Å². The molecule has 0 spiro atoms. The van der Waals surface area contributed by atoms with Crippen molar-refractivity contribution in [2.75, 3.05) is 12.3 Å². The van der Waals surface area contributed by atoms with Gasteiger partial charge in [-0.1, -0.05) is 6.92 Å². The fourth-order valence-electron chi connectivity index (χ4n) is 1.84. The van der Waals surface area contributed by atoms with Gasteiger partial charge in [-0.05, 0) is 37.6 Å². The van der Waals surface area contributed by atoms with E-state index in [-0.39, 0.29) is 0 Å². The lowest BCUT2D eigenvalue weighted by atomic mass is 10.2. The standard InChI is InChI=1S/C12H19N3S/c1-2-6-13-9-10-5-7-14-12(15-10)11-4-3-8-16-11/h5,7,11,13H,2-4,6,8-9H2,1H3. The second kappa shape index (κ2) is 6.21. The molecule has 1 aromatic rings. The summed E-state index contributed by atoms with van der Waals surface area (Å²) in [6.45, 7) is 4.09. The van der Waals surface area contributed by atoms with Crippen LogP contribution in [0, 0.1) is 0 Å². The number of hydrogen-bond acceptors (Lipinski definition) is 4. The minimum absolute atomic E-state index is 0.533. The minimum Gasteiger partial charge on any atom is -0.311 e. The van der Waals surface area contributed by atoms with Crippen LogP contribution in [-0.4, -0.2) is 22.3 Å². The van der Waals surface area contributed by atoms with E-state index in [4.69, 9.17) is 0 Å². The highest BCUT2D eigenvalue weighted by atomic mass is 32.2. The van der Waals surface area contributed by atoms with Gasteiger partial charge in [0.05, 0.1) is 10.9 Å². The van der Waals surface area contributed by atoms with Crippen molar-refractivity contribution in [3.8, 4) is 0 Å². The Hall–Kier alpha value is -0.610. The molecule has 2 heterocycles. The molecule has 1 atom stereocenters. The SMILES string of the molecule is CCCNCc1ccnc(C2CCCS2)n1. The summed E-state index contributed by atoms with van der Waals surface area (Å²) in [5, 5.41) is 3.91. The summed E-state index contributed by atoms with van der Waals surface area (Å²) in [6.07, 6.45) is 5.59. The average molecular weight is 237 g/mol. The summed E-state index contributed by atoms with van der Waals surface area (Å²) in [5.74, 6) is 2.28. The third kappa shape index (κ3) is 3.19. The summed E-state index contributed by atoms with van der Waals surface area (Å²) in [6, 6.07) is 2.01. The molecule has 0 aliphatic carbocycles. The summed E-state index contributed by atoms with van der Waals surface area (Å²) < 4.78 is 0. The summed E-state index contributed by atoms with van der Waals surface area (Å²) in [4.78, 5) is 9.02. The van der Waals surface area contributed by atoms with Crippen LogP contribution in [-0.2, 0) is 6.54 Å². The lowest BCUT2D eigenvalue weighted by Gasteiger charge is -2.08. The molecule has 1 N–H and O–H groups in total. The monoisotopic (exact) mass is 237 g/mol. The first-order valence-corrected chi connectivity index (χ1v) is 7.09. The third-order valence-corrected chi connectivity index (χ3v) is 4.06. The highest BCUT2D eigenvalue weighted by molar-refractivity contribution is 7.99. The maximum Gasteiger partial charge on any atom is 0.141 e. The molecule has 4 heteroatoms. The van der Waals surface area contributed by atoms with Crippen LogP contribution in [0.25, 0.3) is 0 Å². The number of nitrogens with zero attached hydrogens (tertiary/aromatic N) is 2. The Kier molecular flexibility index (Phi) is 4.60. The molecule has 1 aromatic heterocycles. The van der Waals surface area contributed by atoms with Crippen molar-refractivity contribution in [1.29, 1.82) is 0 Å². The molecule has 0 bridgehead atoms. The van der Waals surface area contributed by atoms with E-state index in [1.807, 2.05) is 24.0 Å². The van der Waals surface area contributed by atoms with Gasteiger partial charge in [0.2, 0.25) is 0 Å². The van der Waals surface area contributed by atoms with E-state index in [9.17, 15) is 0 Å². The largest absolute Gasteiger partial charge is 0.311 e. The fourth-order valence-corrected chi connectivity index (χ4v) is 3.05. The predicted molar refractivity (Wildman–Crippen MR) is 68.5 cm³/mol. The molecular weight excluding hydrogens is 218 g/mol. The molecule has 1 fully saturated rings. The van der Waals surface area contributed by atoms with Gasteiger partial charge in [-0.25, -0.2) is 9.97 Å². The van der Waals surface area contributed by atoms with E-state index in [1.165, 1.54) is 18.6 Å². The molecule has 1 aliphatic rings. The van der Waals surface area contributed by atoms with Gasteiger partial charge in [-0.2, -0.15) is 11.8 Å². The number of thioether (sulfide) groups is 1. The van der Waals surface area contributed by atoms with Crippen LogP contribution >= 0.6 is 11.8 Å². The van der Waals surface area contributed by atoms with Crippen LogP contribution in [0.15, 0.2) is 12.3 Å². The Morgan fingerprint density at radius 3 is 3.25 bits per heavy atom. The van der Waals surface area contributed by atoms with Crippen LogP contribution in [0.5, 0.6) is 0 Å². The molecular formula is C12H19N3S. The maximum absolute atomic E-state index is 4.63. The molecule has 16 heavy (non-hydrogen) atoms. The molecule has 0 saturated carbocycles. The zero-order chi connectivity index (χ0) is 11.2. The van der Waals surface area contributed by atoms with E-state index < -0.39 is 0 Å². The van der Waals surface area contributed by atoms with Gasteiger partial charge in [0.1, 0.15) is 5.82 Å². The molecule has 88 valence electrons. The maximum atomic E-state index is 4.63. The molecule has 0 amide bonds. The molecule has 0 aromatic carbocycles. The highest BCUT2D eigenvalue weighted by Gasteiger charge is 2.20. The lowest BCUT2D eigenvalue weighted by molar-refractivity contribution is 0.655. The van der Waals surface area contributed by atoms with Gasteiger partial charge in [-0.3, -0.25) is 0 Å². The van der Waals surface area contributed by atoms with E-state index in [0.29, 0.717) is 5.25 Å². The van der Waals surface area contributed by atoms with Crippen molar-refractivity contribution in [2.24, 2.45) is 0 Å². The smallest absolute Gasteiger partial charge is 0.141 e. The zero-order valence-electron chi connectivity index (χ0n) is 9.78. The number of rotatable bonds is 5. The van der Waals surface area contributed by atoms with E-state index >= 15 is 0 Å². The number of aromatic nitrogens is 2. The molecule has 1 saturated heterocycles. The summed E-state index contributed by atoms with van der Waals surface area (Å²) in [7, 11) is 0. The molecule has 1 unspecified atom stereocenters. The molecule has 3 nitrogen and oxygen atoms in total. The highest BCUT2D eigenvalue weighted by Crippen LogP contribution is 2.37. The molecule has 1 aliphatic heterocycles. The Balaban J connectivity index is 1.95. The van der Waals surface area contributed by atoms with Crippen molar-refractivity contribution in [3.63, 3.8) is 0 Å². The quantitative estimate of drug-likeness (QED) is 0.799. The van der Waals surface area contributed by atoms with Crippen LogP contribution in [0.3, 0.4) is 0 Å². The zero-order valence-corrected chi connectivity index (χ0v) is 10.6. The third-order valence-electron chi connectivity index (χ3n) is 2.68. The van der Waals surface area contributed by atoms with Gasteiger partial charge in [0.25, 0.3) is 0 Å². The van der Waals surface area contributed by atoms with Crippen LogP contribution in [0.2, 0.25) is 0 Å². The topological polar surface area (TPSA) is 37.8 Å². The first-order valence-electron chi connectivity index (χ1n) is 6.04. The first kappa shape index (κ1) is 11.9. The van der Waals surface area contributed by atoms with E-state index in [2.05, 4.69) is 22.2 Å². The normalized spacial score (nSPS) is 20.2. The Morgan fingerprint density at radius 1 is 1.56 bits per heavy atom. The van der Waals surface area contributed by atoms with E-state index in [1.54, 1.807) is 0 Å². The predicted octanol–water partition coefficient (Wildman–Crippen LogP) is 2.54. The average Bonchev–Trinajstić information content (AvgIpc) is 2.83. The van der Waals surface area contributed by atoms with Crippen molar-refractivity contribution in [2.45, 2.75) is 38.0 Å². The first-order chi connectivity index (χ1) is 7.90. The van der Waals surface area contributed by atoms with Crippen molar-refractivity contribution in [1.82, 2.24) is 15.3 Å². The Morgan fingerprint density at radius 2 is 2.50 bits per heavy atom. The minimum atomic E-state index is 0.533. The Labute approximate surface area is 101 Å². The Bertz CT molecular complexity index is 324. The molecule has 2 rings (SSSR count). The van der Waals surface area contributed by atoms with Crippen molar-refractivity contribution < 1.29 is 0 Å². The van der Waals surface area contributed by atoms with Crippen LogP contribution in [0.4, 0.5) is 0 Å². The summed E-state index contributed by atoms with van der Waals surface area (Å²) >= 11 is 1.99. The van der Waals surface area contributed by atoms with Crippen molar-refractivity contribution >= 4 is 11.8 Å². The number of hydrogen-bond donors (Lipinski definition) is 1. The van der Waals surface area contributed by atoms with Gasteiger partial charge >= 0.3 is 0 Å². The second-order valence-corrected chi connectivity index (χ2v) is 5.40. The lowest BCUT2D eigenvalue weighted by Crippen LogP contribution is -2.15. The second-order valence-electron chi connectivity index (χ2n) is 4.08. The van der Waals surface area contributed by atoms with Crippen molar-refractivity contribution in [3.05, 3.63) is 23.8 Å². The van der Waals surface area contributed by atoms with Crippen LogP contribution in [0.1, 0.15) is 43.0 Å². The van der Waals surface area contributed by atoms with Gasteiger partial charge in [0.15, 0.2) is 0 Å². The number of nitrogens with one attached hydrogen (secondary N) is 1. The van der Waals surface area contributed by atoms with Gasteiger partial charge in [0, 0.05) is 12.7 Å².